The maximum atomic E-state index is 12.9. The van der Waals surface area contributed by atoms with Gasteiger partial charge in [0.1, 0.15) is 5.75 Å². The van der Waals surface area contributed by atoms with Crippen molar-refractivity contribution in [1.29, 1.82) is 0 Å². The first-order chi connectivity index (χ1) is 15.6. The second-order valence-corrected chi connectivity index (χ2v) is 8.24. The predicted molar refractivity (Wildman–Crippen MR) is 131 cm³/mol. The molecule has 3 aromatic rings. The van der Waals surface area contributed by atoms with Crippen molar-refractivity contribution in [2.24, 2.45) is 0 Å². The summed E-state index contributed by atoms with van der Waals surface area (Å²) in [5.41, 5.74) is 5.61. The number of amides is 1. The van der Waals surface area contributed by atoms with E-state index in [0.717, 1.165) is 24.4 Å². The summed E-state index contributed by atoms with van der Waals surface area (Å²) in [7, 11) is 4.08. The second-order valence-electron chi connectivity index (χ2n) is 8.24. The van der Waals surface area contributed by atoms with E-state index in [1.54, 1.807) is 0 Å². The molecule has 0 aromatic heterocycles. The summed E-state index contributed by atoms with van der Waals surface area (Å²) in [6.07, 6.45) is 1.02. The summed E-state index contributed by atoms with van der Waals surface area (Å²) < 4.78 is 5.48. The van der Waals surface area contributed by atoms with Crippen LogP contribution in [0.4, 0.5) is 11.4 Å². The maximum absolute atomic E-state index is 12.9. The number of rotatable bonds is 8. The number of nitrogens with one attached hydrogen (secondary N) is 1. The molecule has 5 nitrogen and oxygen atoms in total. The smallest absolute Gasteiger partial charge is 0.251 e. The molecule has 1 aliphatic heterocycles. The van der Waals surface area contributed by atoms with Gasteiger partial charge in [0, 0.05) is 44.1 Å². The Balaban J connectivity index is 1.55. The number of para-hydroxylation sites is 1. The molecule has 1 heterocycles. The van der Waals surface area contributed by atoms with Crippen molar-refractivity contribution in [3.8, 4) is 5.75 Å². The Labute approximate surface area is 190 Å². The summed E-state index contributed by atoms with van der Waals surface area (Å²) in [5.74, 6) is 0.701. The number of fused-ring (bicyclic) bond motifs is 1. The summed E-state index contributed by atoms with van der Waals surface area (Å²) in [6.45, 7) is 4.03. The highest BCUT2D eigenvalue weighted by Crippen LogP contribution is 2.35. The predicted octanol–water partition coefficient (Wildman–Crippen LogP) is 4.69. The van der Waals surface area contributed by atoms with Gasteiger partial charge in [-0.3, -0.25) is 4.79 Å². The first kappa shape index (κ1) is 21.8. The fraction of sp³-hybridized carbons (Fsp3) is 0.296. The topological polar surface area (TPSA) is 44.8 Å². The average Bonchev–Trinajstić information content (AvgIpc) is 3.24. The highest BCUT2D eigenvalue weighted by molar-refractivity contribution is 5.94. The van der Waals surface area contributed by atoms with Gasteiger partial charge in [0.2, 0.25) is 0 Å². The molecule has 4 rings (SSSR count). The molecule has 1 N–H and O–H groups in total. The van der Waals surface area contributed by atoms with Gasteiger partial charge in [-0.2, -0.15) is 0 Å². The molecule has 1 aliphatic rings. The van der Waals surface area contributed by atoms with Crippen LogP contribution in [0, 0.1) is 0 Å². The van der Waals surface area contributed by atoms with Crippen LogP contribution in [0.25, 0.3) is 0 Å². The molecule has 0 unspecified atom stereocenters. The van der Waals surface area contributed by atoms with Crippen LogP contribution >= 0.6 is 0 Å². The zero-order chi connectivity index (χ0) is 22.5. The van der Waals surface area contributed by atoms with Crippen molar-refractivity contribution in [2.75, 3.05) is 43.6 Å². The number of benzene rings is 3. The van der Waals surface area contributed by atoms with Crippen molar-refractivity contribution < 1.29 is 9.53 Å². The first-order valence-corrected chi connectivity index (χ1v) is 11.2. The molecule has 0 bridgehead atoms. The monoisotopic (exact) mass is 429 g/mol. The molecule has 166 valence electrons. The molecule has 0 saturated heterocycles. The van der Waals surface area contributed by atoms with Crippen LogP contribution < -0.4 is 19.9 Å². The highest BCUT2D eigenvalue weighted by Gasteiger charge is 2.27. The zero-order valence-corrected chi connectivity index (χ0v) is 19.0. The molecule has 0 radical (unpaired) electrons. The number of carbonyl (C=O) groups excluding carboxylic acids is 1. The Kier molecular flexibility index (Phi) is 6.64. The van der Waals surface area contributed by atoms with Gasteiger partial charge in [-0.15, -0.1) is 0 Å². The van der Waals surface area contributed by atoms with Crippen LogP contribution in [0.15, 0.2) is 72.8 Å². The number of hydrogen-bond donors (Lipinski definition) is 1. The van der Waals surface area contributed by atoms with Gasteiger partial charge in [0.05, 0.1) is 12.6 Å². The Morgan fingerprint density at radius 1 is 1.03 bits per heavy atom. The molecule has 0 spiro atoms. The standard InChI is InChI=1S/C27H31N3O2/c1-4-32-24-15-11-22(12-16-24)27(31)28-19-26(21-9-13-23(14-10-21)29(2)3)30-18-17-20-7-5-6-8-25(20)30/h5-16,26H,4,17-19H2,1-3H3,(H,28,31)/t26-/m1/s1. The van der Waals surface area contributed by atoms with Gasteiger partial charge in [0.15, 0.2) is 0 Å². The van der Waals surface area contributed by atoms with E-state index in [9.17, 15) is 4.79 Å². The SMILES string of the molecule is CCOc1ccc(C(=O)NC[C@H](c2ccc(N(C)C)cc2)N2CCc3ccccc32)cc1. The molecule has 0 saturated carbocycles. The van der Waals surface area contributed by atoms with E-state index < -0.39 is 0 Å². The molecule has 5 heteroatoms. The fourth-order valence-electron chi connectivity index (χ4n) is 4.25. The second kappa shape index (κ2) is 9.77. The van der Waals surface area contributed by atoms with E-state index >= 15 is 0 Å². The molecule has 1 amide bonds. The molecular formula is C27H31N3O2. The van der Waals surface area contributed by atoms with Crippen molar-refractivity contribution in [3.63, 3.8) is 0 Å². The van der Waals surface area contributed by atoms with Gasteiger partial charge < -0.3 is 19.9 Å². The fourth-order valence-corrected chi connectivity index (χ4v) is 4.25. The van der Waals surface area contributed by atoms with E-state index in [-0.39, 0.29) is 11.9 Å². The molecule has 3 aromatic carbocycles. The molecule has 32 heavy (non-hydrogen) atoms. The largest absolute Gasteiger partial charge is 0.494 e. The highest BCUT2D eigenvalue weighted by atomic mass is 16.5. The third-order valence-electron chi connectivity index (χ3n) is 5.98. The summed E-state index contributed by atoms with van der Waals surface area (Å²) in [5, 5.41) is 3.16. The van der Waals surface area contributed by atoms with E-state index in [4.69, 9.17) is 4.74 Å². The quantitative estimate of drug-likeness (QED) is 0.565. The van der Waals surface area contributed by atoms with Crippen molar-refractivity contribution in [1.82, 2.24) is 5.32 Å². The van der Waals surface area contributed by atoms with E-state index in [0.29, 0.717) is 18.7 Å². The third-order valence-corrected chi connectivity index (χ3v) is 5.98. The van der Waals surface area contributed by atoms with Gasteiger partial charge >= 0.3 is 0 Å². The summed E-state index contributed by atoms with van der Waals surface area (Å²) >= 11 is 0. The lowest BCUT2D eigenvalue weighted by atomic mass is 10.0. The lowest BCUT2D eigenvalue weighted by molar-refractivity contribution is 0.0951. The third kappa shape index (κ3) is 4.72. The lowest BCUT2D eigenvalue weighted by Crippen LogP contribution is -2.37. The number of ether oxygens (including phenoxy) is 1. The van der Waals surface area contributed by atoms with Crippen LogP contribution in [-0.4, -0.2) is 39.7 Å². The summed E-state index contributed by atoms with van der Waals surface area (Å²) in [4.78, 5) is 17.4. The Morgan fingerprint density at radius 3 is 2.44 bits per heavy atom. The Bertz CT molecular complexity index is 1050. The zero-order valence-electron chi connectivity index (χ0n) is 19.0. The minimum atomic E-state index is -0.0737. The number of nitrogens with zero attached hydrogens (tertiary/aromatic N) is 2. The minimum absolute atomic E-state index is 0.0570. The average molecular weight is 430 g/mol. The maximum Gasteiger partial charge on any atom is 0.251 e. The number of anilines is 2. The first-order valence-electron chi connectivity index (χ1n) is 11.2. The number of carbonyl (C=O) groups is 1. The van der Waals surface area contributed by atoms with Crippen LogP contribution in [-0.2, 0) is 6.42 Å². The molecule has 1 atom stereocenters. The Hall–Kier alpha value is -3.47. The van der Waals surface area contributed by atoms with Crippen LogP contribution in [0.1, 0.15) is 34.5 Å². The number of hydrogen-bond acceptors (Lipinski definition) is 4. The van der Waals surface area contributed by atoms with Crippen molar-refractivity contribution in [2.45, 2.75) is 19.4 Å². The van der Waals surface area contributed by atoms with E-state index in [1.165, 1.54) is 16.8 Å². The molecular weight excluding hydrogens is 398 g/mol. The van der Waals surface area contributed by atoms with E-state index in [2.05, 4.69) is 63.6 Å². The van der Waals surface area contributed by atoms with Crippen LogP contribution in [0.2, 0.25) is 0 Å². The van der Waals surface area contributed by atoms with E-state index in [1.807, 2.05) is 45.3 Å². The minimum Gasteiger partial charge on any atom is -0.494 e. The van der Waals surface area contributed by atoms with Crippen LogP contribution in [0.3, 0.4) is 0 Å². The van der Waals surface area contributed by atoms with Crippen LogP contribution in [0.5, 0.6) is 5.75 Å². The van der Waals surface area contributed by atoms with Gasteiger partial charge in [-0.1, -0.05) is 30.3 Å². The van der Waals surface area contributed by atoms with Gasteiger partial charge in [0.25, 0.3) is 5.91 Å². The van der Waals surface area contributed by atoms with Crippen molar-refractivity contribution >= 4 is 17.3 Å². The summed E-state index contributed by atoms with van der Waals surface area (Å²) in [6, 6.07) is 24.5. The lowest BCUT2D eigenvalue weighted by Gasteiger charge is -2.31. The normalized spacial score (nSPS) is 13.4. The molecule has 0 fully saturated rings. The van der Waals surface area contributed by atoms with Gasteiger partial charge in [-0.25, -0.2) is 0 Å². The Morgan fingerprint density at radius 2 is 1.75 bits per heavy atom. The van der Waals surface area contributed by atoms with Gasteiger partial charge in [-0.05, 0) is 66.9 Å². The van der Waals surface area contributed by atoms with Crippen molar-refractivity contribution in [3.05, 3.63) is 89.5 Å². The molecule has 0 aliphatic carbocycles.